The summed E-state index contributed by atoms with van der Waals surface area (Å²) in [7, 11) is 0. The highest BCUT2D eigenvalue weighted by Crippen LogP contribution is 2.23. The Balaban J connectivity index is 2.18. The van der Waals surface area contributed by atoms with Crippen molar-refractivity contribution in [1.82, 2.24) is 10.5 Å². The van der Waals surface area contributed by atoms with E-state index in [1.165, 1.54) is 24.5 Å². The Morgan fingerprint density at radius 2 is 2.17 bits per heavy atom. The minimum absolute atomic E-state index is 0.130. The molecule has 0 spiro atoms. The van der Waals surface area contributed by atoms with Gasteiger partial charge in [-0.15, -0.1) is 0 Å². The van der Waals surface area contributed by atoms with E-state index < -0.39 is 24.6 Å². The number of amides is 1. The molecule has 2 aromatic rings. The minimum atomic E-state index is -1.54. The molecule has 2 rings (SSSR count). The van der Waals surface area contributed by atoms with Crippen LogP contribution >= 0.6 is 0 Å². The Labute approximate surface area is 131 Å². The smallest absolute Gasteiger partial charge is 0.277 e. The van der Waals surface area contributed by atoms with E-state index in [2.05, 4.69) is 15.1 Å². The average molecular weight is 321 g/mol. The molecule has 0 bridgehead atoms. The number of hydrogen-bond donors (Lipinski definition) is 4. The second-order valence-corrected chi connectivity index (χ2v) is 4.72. The maximum absolute atomic E-state index is 13.9. The van der Waals surface area contributed by atoms with Crippen molar-refractivity contribution >= 4 is 17.3 Å². The van der Waals surface area contributed by atoms with Gasteiger partial charge in [0.1, 0.15) is 5.82 Å². The number of aliphatic hydroxyl groups is 2. The Morgan fingerprint density at radius 3 is 2.87 bits per heavy atom. The van der Waals surface area contributed by atoms with Gasteiger partial charge in [0.2, 0.25) is 6.29 Å². The van der Waals surface area contributed by atoms with Crippen molar-refractivity contribution in [3.63, 3.8) is 0 Å². The number of pyridine rings is 1. The topological polar surface area (TPSA) is 104 Å². The summed E-state index contributed by atoms with van der Waals surface area (Å²) in [6.45, 7) is 1.09. The maximum Gasteiger partial charge on any atom is 0.277 e. The zero-order chi connectivity index (χ0) is 16.8. The zero-order valence-electron chi connectivity index (χ0n) is 12.3. The van der Waals surface area contributed by atoms with Crippen LogP contribution in [0.4, 0.5) is 15.8 Å². The second-order valence-electron chi connectivity index (χ2n) is 4.72. The Bertz CT molecular complexity index is 696. The first kappa shape index (κ1) is 16.8. The number of aryl methyl sites for hydroxylation is 1. The predicted octanol–water partition coefficient (Wildman–Crippen LogP) is 1.24. The van der Waals surface area contributed by atoms with E-state index in [1.54, 1.807) is 19.1 Å². The number of nitrogens with one attached hydrogen (secondary N) is 2. The van der Waals surface area contributed by atoms with Crippen LogP contribution < -0.4 is 10.8 Å². The first-order chi connectivity index (χ1) is 11.0. The van der Waals surface area contributed by atoms with Crippen LogP contribution in [0, 0.1) is 12.7 Å². The number of hydroxylamine groups is 1. The Hall–Kier alpha value is -2.55. The Kier molecular flexibility index (Phi) is 5.58. The fourth-order valence-electron chi connectivity index (χ4n) is 1.77. The molecule has 0 unspecified atom stereocenters. The standard InChI is InChI=1S/C15H16FN3O4/c1-9-2-3-12(11(16)6-9)18-13-7-17-5-4-10(13)15(22)19-23-14(21)8-20/h2-7,14,18,20-21H,8H2,1H3,(H,19,22)/t14-/m1/s1. The number of halogens is 1. The van der Waals surface area contributed by atoms with Gasteiger partial charge < -0.3 is 15.5 Å². The van der Waals surface area contributed by atoms with Gasteiger partial charge in [0.05, 0.1) is 29.7 Å². The van der Waals surface area contributed by atoms with Gasteiger partial charge in [0, 0.05) is 6.20 Å². The van der Waals surface area contributed by atoms with Crippen LogP contribution in [0.1, 0.15) is 15.9 Å². The molecule has 7 nitrogen and oxygen atoms in total. The lowest BCUT2D eigenvalue weighted by Gasteiger charge is -2.13. The highest BCUT2D eigenvalue weighted by molar-refractivity contribution is 5.99. The van der Waals surface area contributed by atoms with Crippen LogP contribution in [-0.4, -0.2) is 34.0 Å². The highest BCUT2D eigenvalue weighted by atomic mass is 19.1. The number of anilines is 2. The van der Waals surface area contributed by atoms with E-state index in [-0.39, 0.29) is 16.9 Å². The van der Waals surface area contributed by atoms with Crippen LogP contribution in [-0.2, 0) is 4.84 Å². The minimum Gasteiger partial charge on any atom is -0.391 e. The van der Waals surface area contributed by atoms with Crippen molar-refractivity contribution in [2.45, 2.75) is 13.2 Å². The van der Waals surface area contributed by atoms with Gasteiger partial charge in [-0.3, -0.25) is 9.78 Å². The number of carbonyl (C=O) groups is 1. The lowest BCUT2D eigenvalue weighted by atomic mass is 10.2. The molecule has 1 heterocycles. The number of nitrogens with zero attached hydrogens (tertiary/aromatic N) is 1. The van der Waals surface area contributed by atoms with Crippen LogP contribution in [0.5, 0.6) is 0 Å². The first-order valence-electron chi connectivity index (χ1n) is 6.73. The molecular weight excluding hydrogens is 305 g/mol. The summed E-state index contributed by atoms with van der Waals surface area (Å²) in [5, 5.41) is 20.5. The molecule has 0 aliphatic carbocycles. The number of rotatable bonds is 6. The van der Waals surface area contributed by atoms with E-state index in [9.17, 15) is 9.18 Å². The normalized spacial score (nSPS) is 11.8. The van der Waals surface area contributed by atoms with Crippen LogP contribution in [0.3, 0.4) is 0 Å². The molecule has 1 atom stereocenters. The summed E-state index contributed by atoms with van der Waals surface area (Å²) in [5.41, 5.74) is 3.33. The largest absolute Gasteiger partial charge is 0.391 e. The van der Waals surface area contributed by atoms with Gasteiger partial charge >= 0.3 is 0 Å². The van der Waals surface area contributed by atoms with E-state index in [1.807, 2.05) is 5.48 Å². The molecule has 122 valence electrons. The summed E-state index contributed by atoms with van der Waals surface area (Å²) in [4.78, 5) is 20.4. The molecule has 0 radical (unpaired) electrons. The van der Waals surface area contributed by atoms with Gasteiger partial charge in [-0.2, -0.15) is 0 Å². The second kappa shape index (κ2) is 7.63. The zero-order valence-corrected chi connectivity index (χ0v) is 12.3. The fraction of sp³-hybridized carbons (Fsp3) is 0.200. The predicted molar refractivity (Wildman–Crippen MR) is 80.3 cm³/mol. The molecular formula is C15H16FN3O4. The lowest BCUT2D eigenvalue weighted by molar-refractivity contribution is -0.154. The van der Waals surface area contributed by atoms with E-state index >= 15 is 0 Å². The molecule has 0 aliphatic heterocycles. The molecule has 4 N–H and O–H groups in total. The lowest BCUT2D eigenvalue weighted by Crippen LogP contribution is -2.31. The average Bonchev–Trinajstić information content (AvgIpc) is 2.55. The maximum atomic E-state index is 13.9. The number of benzene rings is 1. The summed E-state index contributed by atoms with van der Waals surface area (Å²) in [6.07, 6.45) is 1.21. The third kappa shape index (κ3) is 4.46. The third-order valence-electron chi connectivity index (χ3n) is 2.90. The quantitative estimate of drug-likeness (QED) is 0.471. The summed E-state index contributed by atoms with van der Waals surface area (Å²) < 4.78 is 13.9. The molecule has 0 saturated carbocycles. The summed E-state index contributed by atoms with van der Waals surface area (Å²) in [5.74, 6) is -1.15. The van der Waals surface area contributed by atoms with Gasteiger partial charge in [-0.1, -0.05) is 6.07 Å². The molecule has 1 amide bonds. The summed E-state index contributed by atoms with van der Waals surface area (Å²) >= 11 is 0. The van der Waals surface area contributed by atoms with Crippen molar-refractivity contribution in [3.8, 4) is 0 Å². The first-order valence-corrected chi connectivity index (χ1v) is 6.73. The SMILES string of the molecule is Cc1ccc(Nc2cnccc2C(=O)NO[C@@H](O)CO)c(F)c1. The summed E-state index contributed by atoms with van der Waals surface area (Å²) in [6, 6.07) is 6.03. The molecule has 0 saturated heterocycles. The van der Waals surface area contributed by atoms with Crippen LogP contribution in [0.15, 0.2) is 36.7 Å². The molecule has 1 aromatic carbocycles. The monoisotopic (exact) mass is 321 g/mol. The van der Waals surface area contributed by atoms with E-state index in [0.717, 1.165) is 5.56 Å². The van der Waals surface area contributed by atoms with Gasteiger partial charge in [0.25, 0.3) is 5.91 Å². The van der Waals surface area contributed by atoms with E-state index in [0.29, 0.717) is 0 Å². The number of hydrogen-bond acceptors (Lipinski definition) is 6. The van der Waals surface area contributed by atoms with Gasteiger partial charge in [0.15, 0.2) is 0 Å². The van der Waals surface area contributed by atoms with Crippen LogP contribution in [0.25, 0.3) is 0 Å². The van der Waals surface area contributed by atoms with Crippen molar-refractivity contribution in [2.24, 2.45) is 0 Å². The van der Waals surface area contributed by atoms with Crippen molar-refractivity contribution in [2.75, 3.05) is 11.9 Å². The number of aliphatic hydroxyl groups excluding tert-OH is 2. The molecule has 1 aromatic heterocycles. The van der Waals surface area contributed by atoms with Gasteiger partial charge in [-0.25, -0.2) is 14.7 Å². The highest BCUT2D eigenvalue weighted by Gasteiger charge is 2.14. The van der Waals surface area contributed by atoms with Crippen LogP contribution in [0.2, 0.25) is 0 Å². The Morgan fingerprint density at radius 1 is 1.39 bits per heavy atom. The molecule has 0 aliphatic rings. The molecule has 0 fully saturated rings. The number of aromatic nitrogens is 1. The molecule has 8 heteroatoms. The van der Waals surface area contributed by atoms with Crippen molar-refractivity contribution in [3.05, 3.63) is 53.6 Å². The van der Waals surface area contributed by atoms with Gasteiger partial charge in [-0.05, 0) is 30.7 Å². The number of carbonyl (C=O) groups excluding carboxylic acids is 1. The third-order valence-corrected chi connectivity index (χ3v) is 2.90. The fourth-order valence-corrected chi connectivity index (χ4v) is 1.77. The van der Waals surface area contributed by atoms with Crippen molar-refractivity contribution < 1.29 is 24.2 Å². The van der Waals surface area contributed by atoms with E-state index in [4.69, 9.17) is 10.2 Å². The molecule has 23 heavy (non-hydrogen) atoms. The van der Waals surface area contributed by atoms with Crippen molar-refractivity contribution in [1.29, 1.82) is 0 Å².